The molecule has 0 saturated carbocycles. The Labute approximate surface area is 170 Å². The Balaban J connectivity index is 0.00000182. The van der Waals surface area contributed by atoms with E-state index in [1.54, 1.807) is 19.4 Å². The van der Waals surface area contributed by atoms with Crippen LogP contribution in [-0.4, -0.2) is 43.4 Å². The molecule has 0 aromatic carbocycles. The van der Waals surface area contributed by atoms with Crippen molar-refractivity contribution in [3.8, 4) is 0 Å². The van der Waals surface area contributed by atoms with Gasteiger partial charge in [-0.1, -0.05) is 6.92 Å². The molecule has 4 rings (SSSR count). The van der Waals surface area contributed by atoms with Gasteiger partial charge in [-0.3, -0.25) is 9.20 Å². The quantitative estimate of drug-likeness (QED) is 0.460. The Bertz CT molecular complexity index is 916. The average Bonchev–Trinajstić information content (AvgIpc) is 3.12. The number of imidazole rings is 1. The molecule has 2 aromatic heterocycles. The monoisotopic (exact) mass is 369 g/mol. The third kappa shape index (κ3) is 2.35. The molecule has 4 atom stereocenters. The number of rotatable bonds is 3. The maximum Gasteiger partial charge on any atom is 1.00 e. The molecule has 0 spiro atoms. The van der Waals surface area contributed by atoms with Crippen LogP contribution in [-0.2, 0) is 9.59 Å². The summed E-state index contributed by atoms with van der Waals surface area (Å²) in [6, 6.07) is -0.334. The Morgan fingerprint density at radius 2 is 2.16 bits per heavy atom. The molecular weight excluding hydrogens is 353 g/mol. The number of fused-ring (bicyclic) bond motifs is 2. The van der Waals surface area contributed by atoms with Crippen molar-refractivity contribution in [3.63, 3.8) is 0 Å². The van der Waals surface area contributed by atoms with Crippen molar-refractivity contribution in [2.45, 2.75) is 32.9 Å². The molecule has 0 unspecified atom stereocenters. The van der Waals surface area contributed by atoms with Crippen molar-refractivity contribution in [1.82, 2.24) is 14.3 Å². The van der Waals surface area contributed by atoms with Gasteiger partial charge in [-0.15, -0.1) is 11.3 Å². The number of aromatic nitrogens is 2. The Morgan fingerprint density at radius 3 is 2.72 bits per heavy atom. The van der Waals surface area contributed by atoms with Gasteiger partial charge in [0.15, 0.2) is 0 Å². The number of aliphatic hydroxyl groups is 1. The first-order valence-electron chi connectivity index (χ1n) is 7.73. The summed E-state index contributed by atoms with van der Waals surface area (Å²) >= 11 is 1.45. The third-order valence-electron chi connectivity index (χ3n) is 5.11. The molecule has 2 aromatic rings. The minimum atomic E-state index is -1.35. The number of carboxylic acid groups (broad SMARTS) is 1. The van der Waals surface area contributed by atoms with Gasteiger partial charge in [-0.05, 0) is 13.8 Å². The van der Waals surface area contributed by atoms with Gasteiger partial charge in [-0.2, -0.15) is 0 Å². The number of aryl methyl sites for hydroxylation is 1. The van der Waals surface area contributed by atoms with Crippen LogP contribution in [0.25, 0.3) is 10.4 Å². The Hall–Kier alpha value is -1.19. The van der Waals surface area contributed by atoms with Crippen LogP contribution in [0.2, 0.25) is 0 Å². The SMILES string of the molecule is Cc1c(C2=C(C(=O)[O-])N3C(=O)[C@H]([C@@H](C)O)[C@H]3[C@H]2C)sc2cncn12.[Na+]. The number of carbonyl (C=O) groups is 2. The van der Waals surface area contributed by atoms with Crippen LogP contribution in [0.5, 0.6) is 0 Å². The van der Waals surface area contributed by atoms with E-state index >= 15 is 0 Å². The van der Waals surface area contributed by atoms with Crippen molar-refractivity contribution in [2.24, 2.45) is 11.8 Å². The number of carbonyl (C=O) groups excluding carboxylic acids is 2. The van der Waals surface area contributed by atoms with Crippen LogP contribution in [0.3, 0.4) is 0 Å². The van der Waals surface area contributed by atoms with Crippen LogP contribution < -0.4 is 34.7 Å². The molecule has 0 bridgehead atoms. The van der Waals surface area contributed by atoms with Crippen LogP contribution in [0, 0.1) is 18.8 Å². The first kappa shape index (κ1) is 18.6. The molecule has 1 amide bonds. The number of thiazole rings is 1. The topological polar surface area (TPSA) is 98.0 Å². The molecule has 7 nitrogen and oxygen atoms in total. The number of aliphatic hydroxyl groups excluding tert-OH is 1. The van der Waals surface area contributed by atoms with Crippen molar-refractivity contribution in [2.75, 3.05) is 0 Å². The number of β-lactam (4-membered cyclic amide) rings is 1. The molecule has 25 heavy (non-hydrogen) atoms. The summed E-state index contributed by atoms with van der Waals surface area (Å²) < 4.78 is 1.90. The van der Waals surface area contributed by atoms with Crippen LogP contribution >= 0.6 is 11.3 Å². The molecule has 0 radical (unpaired) electrons. The van der Waals surface area contributed by atoms with Gasteiger partial charge in [0.25, 0.3) is 0 Å². The van der Waals surface area contributed by atoms with E-state index in [2.05, 4.69) is 4.98 Å². The summed E-state index contributed by atoms with van der Waals surface area (Å²) in [4.78, 5) is 31.2. The zero-order valence-corrected chi connectivity index (χ0v) is 17.2. The fraction of sp³-hybridized carbons (Fsp3) is 0.438. The van der Waals surface area contributed by atoms with E-state index < -0.39 is 18.0 Å². The van der Waals surface area contributed by atoms with Gasteiger partial charge < -0.3 is 19.9 Å². The number of aliphatic carboxylic acids is 1. The van der Waals surface area contributed by atoms with E-state index in [9.17, 15) is 19.8 Å². The Morgan fingerprint density at radius 1 is 1.48 bits per heavy atom. The van der Waals surface area contributed by atoms with Gasteiger partial charge in [-0.25, -0.2) is 4.98 Å². The summed E-state index contributed by atoms with van der Waals surface area (Å²) in [6.07, 6.45) is 2.59. The van der Waals surface area contributed by atoms with Crippen molar-refractivity contribution in [3.05, 3.63) is 28.8 Å². The molecule has 2 aliphatic rings. The summed E-state index contributed by atoms with van der Waals surface area (Å²) in [5.74, 6) is -2.46. The standard InChI is InChI=1S/C16H17N3O4S.Na/c1-6-10(14-7(2)18-5-17-4-9(18)24-14)13(16(22)23)19-12(6)11(8(3)20)15(19)21;/h4-6,8,11-12,20H,1-3H3,(H,22,23);/q;+1/p-1/t6-,8+,11+,12+;/m0./s1. The predicted molar refractivity (Wildman–Crippen MR) is 84.7 cm³/mol. The Kier molecular flexibility index (Phi) is 4.62. The number of hydrogen-bond donors (Lipinski definition) is 1. The van der Waals surface area contributed by atoms with Gasteiger partial charge in [0, 0.05) is 17.2 Å². The van der Waals surface area contributed by atoms with Gasteiger partial charge >= 0.3 is 29.6 Å². The number of nitrogens with zero attached hydrogens (tertiary/aromatic N) is 3. The number of amides is 1. The zero-order valence-electron chi connectivity index (χ0n) is 14.4. The summed E-state index contributed by atoms with van der Waals surface area (Å²) in [5.41, 5.74) is 1.44. The molecule has 4 heterocycles. The summed E-state index contributed by atoms with van der Waals surface area (Å²) in [5, 5.41) is 21.7. The van der Waals surface area contributed by atoms with Crippen molar-refractivity contribution in [1.29, 1.82) is 0 Å². The van der Waals surface area contributed by atoms with E-state index in [1.165, 1.54) is 16.2 Å². The first-order chi connectivity index (χ1) is 11.3. The predicted octanol–water partition coefficient (Wildman–Crippen LogP) is -2.97. The van der Waals surface area contributed by atoms with Gasteiger partial charge in [0.1, 0.15) is 11.2 Å². The third-order valence-corrected chi connectivity index (χ3v) is 6.34. The molecule has 1 fully saturated rings. The normalized spacial score (nSPS) is 26.5. The fourth-order valence-electron chi connectivity index (χ4n) is 4.00. The molecule has 1 N–H and O–H groups in total. The summed E-state index contributed by atoms with van der Waals surface area (Å²) in [7, 11) is 0. The molecule has 0 aliphatic carbocycles. The minimum Gasteiger partial charge on any atom is -0.543 e. The van der Waals surface area contributed by atoms with Gasteiger partial charge in [0.05, 0.1) is 40.8 Å². The van der Waals surface area contributed by atoms with Gasteiger partial charge in [0.2, 0.25) is 5.91 Å². The second-order valence-corrected chi connectivity index (χ2v) is 7.45. The van der Waals surface area contributed by atoms with Crippen molar-refractivity contribution < 1.29 is 49.4 Å². The van der Waals surface area contributed by atoms with Crippen LogP contribution in [0.1, 0.15) is 24.4 Å². The maximum absolute atomic E-state index is 12.4. The minimum absolute atomic E-state index is 0. The number of carboxylic acids is 1. The number of hydrogen-bond acceptors (Lipinski definition) is 6. The van der Waals surface area contributed by atoms with E-state index in [0.717, 1.165) is 15.4 Å². The smallest absolute Gasteiger partial charge is 0.543 e. The van der Waals surface area contributed by atoms with E-state index in [-0.39, 0.29) is 53.1 Å². The molecular formula is C16H16N3NaO4S. The van der Waals surface area contributed by atoms with Crippen LogP contribution in [0.4, 0.5) is 0 Å². The first-order valence-corrected chi connectivity index (χ1v) is 8.54. The zero-order chi connectivity index (χ0) is 17.3. The average molecular weight is 369 g/mol. The van der Waals surface area contributed by atoms with E-state index in [0.29, 0.717) is 5.57 Å². The largest absolute Gasteiger partial charge is 1.00 e. The second-order valence-electron chi connectivity index (χ2n) is 6.42. The molecule has 9 heteroatoms. The fourth-order valence-corrected chi connectivity index (χ4v) is 5.25. The summed E-state index contributed by atoms with van der Waals surface area (Å²) in [6.45, 7) is 5.36. The van der Waals surface area contributed by atoms with Crippen molar-refractivity contribution >= 4 is 33.6 Å². The maximum atomic E-state index is 12.4. The van der Waals surface area contributed by atoms with E-state index in [4.69, 9.17) is 0 Å². The molecule has 1 saturated heterocycles. The molecule has 2 aliphatic heterocycles. The molecule has 126 valence electrons. The van der Waals surface area contributed by atoms with Crippen LogP contribution in [0.15, 0.2) is 18.2 Å². The second kappa shape index (κ2) is 6.21. The van der Waals surface area contributed by atoms with E-state index in [1.807, 2.05) is 18.2 Å².